The third-order valence-electron chi connectivity index (χ3n) is 3.29. The lowest BCUT2D eigenvalue weighted by molar-refractivity contribution is 0.844. The van der Waals surface area contributed by atoms with Crippen LogP contribution >= 0.6 is 11.8 Å². The number of pyridine rings is 1. The molecule has 6 heteroatoms. The Balaban J connectivity index is 1.57. The number of nitrogens with zero attached hydrogens (tertiary/aromatic N) is 4. The van der Waals surface area contributed by atoms with Crippen LogP contribution in [0.15, 0.2) is 60.0 Å². The maximum Gasteiger partial charge on any atom is 0.210 e. The lowest BCUT2D eigenvalue weighted by atomic mass is 10.1. The molecule has 0 aliphatic rings. The van der Waals surface area contributed by atoms with Crippen molar-refractivity contribution in [2.45, 2.75) is 18.0 Å². The fourth-order valence-corrected chi connectivity index (χ4v) is 2.95. The highest BCUT2D eigenvalue weighted by atomic mass is 32.2. The summed E-state index contributed by atoms with van der Waals surface area (Å²) in [6.45, 7) is 0. The van der Waals surface area contributed by atoms with Crippen LogP contribution in [0.3, 0.4) is 0 Å². The van der Waals surface area contributed by atoms with Crippen molar-refractivity contribution in [3.63, 3.8) is 0 Å². The van der Waals surface area contributed by atoms with Crippen molar-refractivity contribution in [1.82, 2.24) is 19.9 Å². The Morgan fingerprint density at radius 2 is 1.77 bits per heavy atom. The van der Waals surface area contributed by atoms with E-state index in [4.69, 9.17) is 5.84 Å². The van der Waals surface area contributed by atoms with Crippen molar-refractivity contribution < 1.29 is 0 Å². The highest BCUT2D eigenvalue weighted by Crippen LogP contribution is 2.21. The third kappa shape index (κ3) is 3.46. The molecule has 1 aromatic carbocycles. The van der Waals surface area contributed by atoms with Gasteiger partial charge in [-0.15, -0.1) is 10.2 Å². The molecule has 0 spiro atoms. The number of hydrogen-bond acceptors (Lipinski definition) is 5. The predicted octanol–water partition coefficient (Wildman–Crippen LogP) is 2.78. The summed E-state index contributed by atoms with van der Waals surface area (Å²) < 4.78 is 1.54. The van der Waals surface area contributed by atoms with E-state index in [9.17, 15) is 0 Å². The minimum atomic E-state index is 0.660. The van der Waals surface area contributed by atoms with Gasteiger partial charge in [-0.3, -0.25) is 4.98 Å². The lowest BCUT2D eigenvalue weighted by Crippen LogP contribution is -2.11. The van der Waals surface area contributed by atoms with E-state index in [2.05, 4.69) is 39.4 Å². The van der Waals surface area contributed by atoms with E-state index in [0.29, 0.717) is 5.82 Å². The first-order chi connectivity index (χ1) is 10.8. The quantitative estimate of drug-likeness (QED) is 0.430. The van der Waals surface area contributed by atoms with E-state index in [1.807, 2.05) is 18.2 Å². The second-order valence-electron chi connectivity index (χ2n) is 4.85. The minimum Gasteiger partial charge on any atom is -0.335 e. The first kappa shape index (κ1) is 14.6. The van der Waals surface area contributed by atoms with Crippen LogP contribution < -0.4 is 5.84 Å². The number of nitrogens with two attached hydrogens (primary N) is 1. The zero-order valence-corrected chi connectivity index (χ0v) is 12.9. The van der Waals surface area contributed by atoms with Crippen molar-refractivity contribution in [2.75, 3.05) is 11.6 Å². The molecule has 0 aliphatic carbocycles. The third-order valence-corrected chi connectivity index (χ3v) is 4.32. The maximum absolute atomic E-state index is 6.08. The molecule has 2 aromatic heterocycles. The van der Waals surface area contributed by atoms with Crippen molar-refractivity contribution in [2.24, 2.45) is 0 Å². The minimum absolute atomic E-state index is 0.660. The molecule has 22 heavy (non-hydrogen) atoms. The van der Waals surface area contributed by atoms with Crippen LogP contribution in [-0.2, 0) is 6.42 Å². The fraction of sp³-hybridized carbons (Fsp3) is 0.188. The molecule has 0 fully saturated rings. The van der Waals surface area contributed by atoms with Crippen LogP contribution in [0, 0.1) is 0 Å². The maximum atomic E-state index is 6.08. The van der Waals surface area contributed by atoms with Crippen LogP contribution in [0.1, 0.15) is 12.0 Å². The van der Waals surface area contributed by atoms with Gasteiger partial charge in [0, 0.05) is 23.7 Å². The van der Waals surface area contributed by atoms with Gasteiger partial charge < -0.3 is 5.84 Å². The first-order valence-corrected chi connectivity index (χ1v) is 8.11. The van der Waals surface area contributed by atoms with E-state index < -0.39 is 0 Å². The highest BCUT2D eigenvalue weighted by molar-refractivity contribution is 7.99. The number of aryl methyl sites for hydroxylation is 1. The molecule has 2 N–H and O–H groups in total. The molecule has 112 valence electrons. The molecule has 3 aromatic rings. The van der Waals surface area contributed by atoms with Gasteiger partial charge in [-0.05, 0) is 30.5 Å². The average molecular weight is 311 g/mol. The molecule has 0 atom stereocenters. The zero-order chi connectivity index (χ0) is 15.2. The topological polar surface area (TPSA) is 69.6 Å². The van der Waals surface area contributed by atoms with Gasteiger partial charge in [-0.2, -0.15) is 0 Å². The van der Waals surface area contributed by atoms with Gasteiger partial charge in [-0.25, -0.2) is 4.68 Å². The molecule has 0 amide bonds. The predicted molar refractivity (Wildman–Crippen MR) is 88.9 cm³/mol. The van der Waals surface area contributed by atoms with E-state index in [1.54, 1.807) is 28.8 Å². The Hall–Kier alpha value is -2.34. The summed E-state index contributed by atoms with van der Waals surface area (Å²) in [6, 6.07) is 14.2. The molecule has 0 unspecified atom stereocenters. The summed E-state index contributed by atoms with van der Waals surface area (Å²) in [6.07, 6.45) is 5.57. The summed E-state index contributed by atoms with van der Waals surface area (Å²) in [5.74, 6) is 7.70. The summed E-state index contributed by atoms with van der Waals surface area (Å²) >= 11 is 1.63. The average Bonchev–Trinajstić information content (AvgIpc) is 2.94. The monoisotopic (exact) mass is 311 g/mol. The second-order valence-corrected chi connectivity index (χ2v) is 5.91. The summed E-state index contributed by atoms with van der Waals surface area (Å²) in [5.41, 5.74) is 2.27. The van der Waals surface area contributed by atoms with E-state index >= 15 is 0 Å². The van der Waals surface area contributed by atoms with Gasteiger partial charge in [0.15, 0.2) is 5.82 Å². The van der Waals surface area contributed by atoms with Crippen molar-refractivity contribution in [3.8, 4) is 11.4 Å². The van der Waals surface area contributed by atoms with Gasteiger partial charge in [0.05, 0.1) is 0 Å². The summed E-state index contributed by atoms with van der Waals surface area (Å²) in [7, 11) is 0. The van der Waals surface area contributed by atoms with Crippen LogP contribution in [0.5, 0.6) is 0 Å². The van der Waals surface area contributed by atoms with Gasteiger partial charge in [0.1, 0.15) is 0 Å². The van der Waals surface area contributed by atoms with Gasteiger partial charge in [0.2, 0.25) is 5.16 Å². The Morgan fingerprint density at radius 3 is 2.55 bits per heavy atom. The van der Waals surface area contributed by atoms with E-state index in [-0.39, 0.29) is 0 Å². The van der Waals surface area contributed by atoms with Crippen molar-refractivity contribution >= 4 is 11.8 Å². The number of nitrogen functional groups attached to an aromatic ring is 1. The lowest BCUT2D eigenvalue weighted by Gasteiger charge is -2.04. The smallest absolute Gasteiger partial charge is 0.210 e. The first-order valence-electron chi connectivity index (χ1n) is 7.12. The highest BCUT2D eigenvalue weighted by Gasteiger charge is 2.11. The van der Waals surface area contributed by atoms with Crippen molar-refractivity contribution in [1.29, 1.82) is 0 Å². The van der Waals surface area contributed by atoms with Crippen LogP contribution in [0.25, 0.3) is 11.4 Å². The van der Waals surface area contributed by atoms with Crippen LogP contribution in [0.2, 0.25) is 0 Å². The largest absolute Gasteiger partial charge is 0.335 e. The van der Waals surface area contributed by atoms with Crippen LogP contribution in [0.4, 0.5) is 0 Å². The SMILES string of the molecule is Nn1c(SCCCc2ccccc2)nnc1-c1ccncc1. The number of hydrogen-bond donors (Lipinski definition) is 1. The summed E-state index contributed by atoms with van der Waals surface area (Å²) in [5, 5.41) is 9.07. The molecule has 5 nitrogen and oxygen atoms in total. The Kier molecular flexibility index (Phi) is 4.70. The Labute approximate surface area is 133 Å². The summed E-state index contributed by atoms with van der Waals surface area (Å²) in [4.78, 5) is 3.99. The normalized spacial score (nSPS) is 10.7. The van der Waals surface area contributed by atoms with Gasteiger partial charge in [-0.1, -0.05) is 42.1 Å². The molecule has 0 saturated carbocycles. The zero-order valence-electron chi connectivity index (χ0n) is 12.1. The molecular weight excluding hydrogens is 294 g/mol. The van der Waals surface area contributed by atoms with Gasteiger partial charge in [0.25, 0.3) is 0 Å². The molecule has 0 radical (unpaired) electrons. The standard InChI is InChI=1S/C16H17N5S/c17-21-15(14-8-10-18-11-9-14)19-20-16(21)22-12-4-7-13-5-2-1-3-6-13/h1-3,5-6,8-11H,4,7,12,17H2. The Bertz CT molecular complexity index is 712. The number of thioether (sulfide) groups is 1. The van der Waals surface area contributed by atoms with E-state index in [0.717, 1.165) is 29.3 Å². The molecule has 0 bridgehead atoms. The molecular formula is C16H17N5S. The second kappa shape index (κ2) is 7.09. The Morgan fingerprint density at radius 1 is 1.00 bits per heavy atom. The molecule has 2 heterocycles. The number of benzene rings is 1. The molecule has 0 aliphatic heterocycles. The van der Waals surface area contributed by atoms with Gasteiger partial charge >= 0.3 is 0 Å². The van der Waals surface area contributed by atoms with E-state index in [1.165, 1.54) is 5.56 Å². The number of rotatable bonds is 6. The molecule has 0 saturated heterocycles. The fourth-order valence-electron chi connectivity index (χ4n) is 2.16. The van der Waals surface area contributed by atoms with Crippen molar-refractivity contribution in [3.05, 3.63) is 60.4 Å². The number of aromatic nitrogens is 4. The molecule has 3 rings (SSSR count). The van der Waals surface area contributed by atoms with Crippen LogP contribution in [-0.4, -0.2) is 25.6 Å².